The summed E-state index contributed by atoms with van der Waals surface area (Å²) < 4.78 is 39.0. The summed E-state index contributed by atoms with van der Waals surface area (Å²) in [7, 11) is -3.80. The fourth-order valence-electron chi connectivity index (χ4n) is 1.40. The number of nitrogens with two attached hydrogens (primary N) is 1. The van der Waals surface area contributed by atoms with E-state index >= 15 is 0 Å². The molecule has 0 fully saturated rings. The van der Waals surface area contributed by atoms with Crippen LogP contribution in [-0.2, 0) is 16.6 Å². The Balaban J connectivity index is 2.30. The van der Waals surface area contributed by atoms with Gasteiger partial charge in [-0.2, -0.15) is 13.5 Å². The van der Waals surface area contributed by atoms with Crippen molar-refractivity contribution >= 4 is 15.7 Å². The first-order valence-electron chi connectivity index (χ1n) is 5.03. The van der Waals surface area contributed by atoms with E-state index in [0.717, 1.165) is 12.1 Å². The highest BCUT2D eigenvalue weighted by Crippen LogP contribution is 2.17. The van der Waals surface area contributed by atoms with Gasteiger partial charge < -0.3 is 5.73 Å². The van der Waals surface area contributed by atoms with E-state index < -0.39 is 15.8 Å². The normalized spacial score (nSPS) is 11.4. The second-order valence-electron chi connectivity index (χ2n) is 3.54. The van der Waals surface area contributed by atoms with Crippen molar-refractivity contribution in [3.05, 3.63) is 41.8 Å². The minimum absolute atomic E-state index is 0.0517. The SMILES string of the molecule is NCc1cn[nH]c1S(=O)(=O)Nc1ccc(F)cc1. The highest BCUT2D eigenvalue weighted by Gasteiger charge is 2.20. The molecule has 0 aliphatic rings. The lowest BCUT2D eigenvalue weighted by molar-refractivity contribution is 0.595. The minimum atomic E-state index is -3.80. The molecule has 18 heavy (non-hydrogen) atoms. The Morgan fingerprint density at radius 2 is 2.00 bits per heavy atom. The van der Waals surface area contributed by atoms with Crippen LogP contribution >= 0.6 is 0 Å². The molecule has 0 amide bonds. The lowest BCUT2D eigenvalue weighted by Crippen LogP contribution is -2.16. The van der Waals surface area contributed by atoms with Gasteiger partial charge in [0.15, 0.2) is 5.03 Å². The summed E-state index contributed by atoms with van der Waals surface area (Å²) in [6.07, 6.45) is 1.35. The van der Waals surface area contributed by atoms with E-state index in [2.05, 4.69) is 14.9 Å². The zero-order valence-corrected chi connectivity index (χ0v) is 10.0. The summed E-state index contributed by atoms with van der Waals surface area (Å²) in [6, 6.07) is 4.97. The fraction of sp³-hybridized carbons (Fsp3) is 0.100. The molecular formula is C10H11FN4O2S. The maximum absolute atomic E-state index is 12.7. The van der Waals surface area contributed by atoms with Crippen molar-refractivity contribution in [1.82, 2.24) is 10.2 Å². The van der Waals surface area contributed by atoms with Crippen LogP contribution < -0.4 is 10.5 Å². The monoisotopic (exact) mass is 270 g/mol. The number of benzene rings is 1. The van der Waals surface area contributed by atoms with Gasteiger partial charge in [-0.15, -0.1) is 0 Å². The molecule has 1 aromatic heterocycles. The van der Waals surface area contributed by atoms with Crippen LogP contribution in [0.15, 0.2) is 35.5 Å². The molecule has 6 nitrogen and oxygen atoms in total. The van der Waals surface area contributed by atoms with Crippen LogP contribution in [-0.4, -0.2) is 18.6 Å². The Hall–Kier alpha value is -1.93. The average molecular weight is 270 g/mol. The van der Waals surface area contributed by atoms with E-state index in [9.17, 15) is 12.8 Å². The zero-order valence-electron chi connectivity index (χ0n) is 9.22. The molecule has 1 heterocycles. The van der Waals surface area contributed by atoms with E-state index in [1.54, 1.807) is 0 Å². The van der Waals surface area contributed by atoms with Crippen molar-refractivity contribution in [3.8, 4) is 0 Å². The maximum Gasteiger partial charge on any atom is 0.279 e. The molecule has 2 rings (SSSR count). The standard InChI is InChI=1S/C10H11FN4O2S/c11-8-1-3-9(4-2-8)15-18(16,17)10-7(5-12)6-13-14-10/h1-4,6,15H,5,12H2,(H,13,14). The van der Waals surface area contributed by atoms with Gasteiger partial charge in [0.1, 0.15) is 5.82 Å². The number of sulfonamides is 1. The molecule has 0 unspecified atom stereocenters. The van der Waals surface area contributed by atoms with Gasteiger partial charge in [-0.05, 0) is 24.3 Å². The number of anilines is 1. The van der Waals surface area contributed by atoms with Crippen molar-refractivity contribution in [2.75, 3.05) is 4.72 Å². The van der Waals surface area contributed by atoms with Gasteiger partial charge in [0.25, 0.3) is 10.0 Å². The number of nitrogens with one attached hydrogen (secondary N) is 2. The molecule has 2 aromatic rings. The first-order valence-corrected chi connectivity index (χ1v) is 6.52. The molecule has 4 N–H and O–H groups in total. The summed E-state index contributed by atoms with van der Waals surface area (Å²) in [4.78, 5) is 0. The Labute approximate surface area is 103 Å². The van der Waals surface area contributed by atoms with E-state index in [4.69, 9.17) is 5.73 Å². The van der Waals surface area contributed by atoms with Gasteiger partial charge in [-0.3, -0.25) is 9.82 Å². The Morgan fingerprint density at radius 1 is 1.33 bits per heavy atom. The van der Waals surface area contributed by atoms with Crippen molar-refractivity contribution in [2.45, 2.75) is 11.6 Å². The Bertz CT molecular complexity index is 636. The number of halogens is 1. The smallest absolute Gasteiger partial charge is 0.279 e. The summed E-state index contributed by atoms with van der Waals surface area (Å²) in [5.74, 6) is -0.442. The highest BCUT2D eigenvalue weighted by atomic mass is 32.2. The molecule has 0 atom stereocenters. The quantitative estimate of drug-likeness (QED) is 0.765. The molecule has 0 radical (unpaired) electrons. The van der Waals surface area contributed by atoms with E-state index in [0.29, 0.717) is 5.56 Å². The summed E-state index contributed by atoms with van der Waals surface area (Å²) >= 11 is 0. The van der Waals surface area contributed by atoms with Gasteiger partial charge in [0.05, 0.1) is 6.20 Å². The molecule has 0 spiro atoms. The third kappa shape index (κ3) is 2.49. The van der Waals surface area contributed by atoms with Crippen LogP contribution in [0.5, 0.6) is 0 Å². The molecular weight excluding hydrogens is 259 g/mol. The molecule has 0 saturated carbocycles. The second-order valence-corrected chi connectivity index (χ2v) is 5.16. The Morgan fingerprint density at radius 3 is 2.61 bits per heavy atom. The summed E-state index contributed by atoms with van der Waals surface area (Å²) in [5.41, 5.74) is 6.04. The van der Waals surface area contributed by atoms with Crippen LogP contribution in [0.1, 0.15) is 5.56 Å². The van der Waals surface area contributed by atoms with Crippen molar-refractivity contribution in [3.63, 3.8) is 0 Å². The first-order chi connectivity index (χ1) is 8.53. The maximum atomic E-state index is 12.7. The van der Waals surface area contributed by atoms with Gasteiger partial charge in [-0.25, -0.2) is 4.39 Å². The van der Waals surface area contributed by atoms with Crippen LogP contribution in [0.25, 0.3) is 0 Å². The van der Waals surface area contributed by atoms with Crippen molar-refractivity contribution < 1.29 is 12.8 Å². The van der Waals surface area contributed by atoms with Crippen LogP contribution in [0.4, 0.5) is 10.1 Å². The Kier molecular flexibility index (Phi) is 3.30. The molecule has 0 aliphatic carbocycles. The molecule has 96 valence electrons. The number of hydrogen-bond acceptors (Lipinski definition) is 4. The number of H-pyrrole nitrogens is 1. The third-order valence-corrected chi connectivity index (χ3v) is 3.66. The fourth-order valence-corrected chi connectivity index (χ4v) is 2.60. The first kappa shape index (κ1) is 12.5. The molecule has 8 heteroatoms. The largest absolute Gasteiger partial charge is 0.326 e. The number of nitrogens with zero attached hydrogens (tertiary/aromatic N) is 1. The second kappa shape index (κ2) is 4.75. The topological polar surface area (TPSA) is 101 Å². The van der Waals surface area contributed by atoms with Crippen molar-refractivity contribution in [1.29, 1.82) is 0 Å². The molecule has 1 aromatic carbocycles. The number of rotatable bonds is 4. The lowest BCUT2D eigenvalue weighted by Gasteiger charge is -2.07. The van der Waals surface area contributed by atoms with Crippen LogP contribution in [0.3, 0.4) is 0 Å². The van der Waals surface area contributed by atoms with Gasteiger partial charge in [-0.1, -0.05) is 0 Å². The van der Waals surface area contributed by atoms with Crippen LogP contribution in [0.2, 0.25) is 0 Å². The number of aromatic amines is 1. The predicted octanol–water partition coefficient (Wildman–Crippen LogP) is 0.808. The predicted molar refractivity (Wildman–Crippen MR) is 63.7 cm³/mol. The third-order valence-electron chi connectivity index (χ3n) is 2.26. The minimum Gasteiger partial charge on any atom is -0.326 e. The lowest BCUT2D eigenvalue weighted by atomic mass is 10.3. The van der Waals surface area contributed by atoms with Crippen LogP contribution in [0, 0.1) is 5.82 Å². The highest BCUT2D eigenvalue weighted by molar-refractivity contribution is 7.92. The van der Waals surface area contributed by atoms with Gasteiger partial charge in [0, 0.05) is 17.8 Å². The van der Waals surface area contributed by atoms with Gasteiger partial charge in [0.2, 0.25) is 0 Å². The van der Waals surface area contributed by atoms with Gasteiger partial charge >= 0.3 is 0 Å². The van der Waals surface area contributed by atoms with E-state index in [1.165, 1.54) is 18.3 Å². The summed E-state index contributed by atoms with van der Waals surface area (Å²) in [5, 5.41) is 5.92. The molecule has 0 saturated heterocycles. The summed E-state index contributed by atoms with van der Waals surface area (Å²) in [6.45, 7) is 0.0517. The average Bonchev–Trinajstić information content (AvgIpc) is 2.81. The zero-order chi connectivity index (χ0) is 13.2. The molecule has 0 bridgehead atoms. The van der Waals surface area contributed by atoms with E-state index in [-0.39, 0.29) is 17.3 Å². The number of aromatic nitrogens is 2. The van der Waals surface area contributed by atoms with E-state index in [1.807, 2.05) is 0 Å². The molecule has 0 aliphatic heterocycles. The van der Waals surface area contributed by atoms with Crippen molar-refractivity contribution in [2.24, 2.45) is 5.73 Å². The number of hydrogen-bond donors (Lipinski definition) is 3.